The van der Waals surface area contributed by atoms with Crippen LogP contribution >= 0.6 is 12.4 Å². The maximum absolute atomic E-state index is 11.9. The van der Waals surface area contributed by atoms with Crippen molar-refractivity contribution in [2.45, 2.75) is 33.0 Å². The third-order valence-electron chi connectivity index (χ3n) is 2.98. The van der Waals surface area contributed by atoms with Crippen LogP contribution in [0.4, 0.5) is 0 Å². The maximum Gasteiger partial charge on any atom is 0.239 e. The molecule has 0 aliphatic heterocycles. The number of benzene rings is 1. The molecule has 0 saturated heterocycles. The Morgan fingerprint density at radius 2 is 1.60 bits per heavy atom. The molecule has 0 aromatic heterocycles. The highest BCUT2D eigenvalue weighted by Gasteiger charge is 2.15. The first-order valence-electron chi connectivity index (χ1n) is 6.71. The molecule has 0 heterocycles. The van der Waals surface area contributed by atoms with Crippen molar-refractivity contribution in [2.75, 3.05) is 20.6 Å². The second-order valence-corrected chi connectivity index (χ2v) is 5.20. The molecule has 0 spiro atoms. The van der Waals surface area contributed by atoms with Gasteiger partial charge in [0.05, 0.1) is 6.04 Å². The Morgan fingerprint density at radius 1 is 1.15 bits per heavy atom. The summed E-state index contributed by atoms with van der Waals surface area (Å²) >= 11 is 0. The molecule has 1 atom stereocenters. The molecule has 0 radical (unpaired) electrons. The van der Waals surface area contributed by atoms with Gasteiger partial charge in [0.25, 0.3) is 0 Å². The highest BCUT2D eigenvalue weighted by molar-refractivity contribution is 5.85. The first-order chi connectivity index (χ1) is 8.93. The Bertz CT molecular complexity index is 404. The summed E-state index contributed by atoms with van der Waals surface area (Å²) in [5.41, 5.74) is 8.06. The van der Waals surface area contributed by atoms with Gasteiger partial charge in [0.2, 0.25) is 5.91 Å². The lowest BCUT2D eigenvalue weighted by molar-refractivity contribution is -0.132. The Kier molecular flexibility index (Phi) is 8.46. The molecule has 114 valence electrons. The number of carbonyl (C=O) groups is 1. The van der Waals surface area contributed by atoms with Crippen LogP contribution < -0.4 is 5.73 Å². The molecule has 0 saturated carbocycles. The van der Waals surface area contributed by atoms with Gasteiger partial charge in [-0.3, -0.25) is 4.79 Å². The van der Waals surface area contributed by atoms with Crippen LogP contribution in [-0.2, 0) is 17.9 Å². The van der Waals surface area contributed by atoms with E-state index in [0.717, 1.165) is 12.1 Å². The topological polar surface area (TPSA) is 49.6 Å². The Labute approximate surface area is 128 Å². The van der Waals surface area contributed by atoms with E-state index >= 15 is 0 Å². The van der Waals surface area contributed by atoms with Crippen LogP contribution in [0.5, 0.6) is 0 Å². The molecule has 0 fully saturated rings. The summed E-state index contributed by atoms with van der Waals surface area (Å²) in [5.74, 6) is -0.000122. The number of carbonyl (C=O) groups excluding carboxylic acids is 1. The van der Waals surface area contributed by atoms with Crippen molar-refractivity contribution < 1.29 is 4.79 Å². The zero-order valence-corrected chi connectivity index (χ0v) is 13.6. The van der Waals surface area contributed by atoms with Gasteiger partial charge in [-0.1, -0.05) is 24.3 Å². The van der Waals surface area contributed by atoms with Gasteiger partial charge < -0.3 is 15.5 Å². The third kappa shape index (κ3) is 5.90. The van der Waals surface area contributed by atoms with Crippen molar-refractivity contribution in [1.82, 2.24) is 9.80 Å². The lowest BCUT2D eigenvalue weighted by atomic mass is 10.1. The molecular formula is C15H26ClN3O. The van der Waals surface area contributed by atoms with Crippen molar-refractivity contribution >= 4 is 18.3 Å². The van der Waals surface area contributed by atoms with E-state index in [0.29, 0.717) is 13.1 Å². The summed E-state index contributed by atoms with van der Waals surface area (Å²) in [7, 11) is 4.10. The molecule has 4 nitrogen and oxygen atoms in total. The van der Waals surface area contributed by atoms with E-state index in [-0.39, 0.29) is 18.3 Å². The number of hydrogen-bond acceptors (Lipinski definition) is 3. The van der Waals surface area contributed by atoms with Crippen molar-refractivity contribution in [3.63, 3.8) is 0 Å². The number of nitrogens with two attached hydrogens (primary N) is 1. The minimum Gasteiger partial charge on any atom is -0.337 e. The highest BCUT2D eigenvalue weighted by atomic mass is 35.5. The largest absolute Gasteiger partial charge is 0.337 e. The summed E-state index contributed by atoms with van der Waals surface area (Å²) in [4.78, 5) is 15.8. The lowest BCUT2D eigenvalue weighted by Gasteiger charge is -2.23. The Hall–Kier alpha value is -1.10. The van der Waals surface area contributed by atoms with Gasteiger partial charge in [-0.05, 0) is 39.1 Å². The Morgan fingerprint density at radius 3 is 1.95 bits per heavy atom. The molecule has 0 aliphatic carbocycles. The first kappa shape index (κ1) is 18.9. The van der Waals surface area contributed by atoms with E-state index in [4.69, 9.17) is 5.73 Å². The molecular weight excluding hydrogens is 274 g/mol. The highest BCUT2D eigenvalue weighted by Crippen LogP contribution is 2.09. The van der Waals surface area contributed by atoms with Gasteiger partial charge in [0, 0.05) is 19.6 Å². The fourth-order valence-corrected chi connectivity index (χ4v) is 1.97. The standard InChI is InChI=1S/C15H25N3O.ClH/c1-5-18(15(19)12(2)16)11-14-8-6-13(7-9-14)10-17(3)4;/h6-9,12H,5,10-11,16H2,1-4H3;1H. The van der Waals surface area contributed by atoms with E-state index in [1.54, 1.807) is 11.8 Å². The summed E-state index contributed by atoms with van der Waals surface area (Å²) in [5, 5.41) is 0. The third-order valence-corrected chi connectivity index (χ3v) is 2.98. The number of likely N-dealkylation sites (N-methyl/N-ethyl adjacent to an activating group) is 1. The van der Waals surface area contributed by atoms with Crippen molar-refractivity contribution in [1.29, 1.82) is 0 Å². The van der Waals surface area contributed by atoms with Crippen molar-refractivity contribution in [3.05, 3.63) is 35.4 Å². The molecule has 1 rings (SSSR count). The van der Waals surface area contributed by atoms with Crippen molar-refractivity contribution in [2.24, 2.45) is 5.73 Å². The van der Waals surface area contributed by atoms with E-state index in [9.17, 15) is 4.79 Å². The predicted octanol–water partition coefficient (Wildman–Crippen LogP) is 1.87. The van der Waals surface area contributed by atoms with E-state index < -0.39 is 6.04 Å². The number of hydrogen-bond donors (Lipinski definition) is 1. The van der Waals surface area contributed by atoms with Crippen LogP contribution in [0.1, 0.15) is 25.0 Å². The van der Waals surface area contributed by atoms with Gasteiger partial charge in [-0.15, -0.1) is 12.4 Å². The molecule has 1 unspecified atom stereocenters. The zero-order valence-electron chi connectivity index (χ0n) is 12.8. The van der Waals surface area contributed by atoms with Crippen LogP contribution in [0.2, 0.25) is 0 Å². The minimum absolute atomic E-state index is 0. The van der Waals surface area contributed by atoms with E-state index in [2.05, 4.69) is 29.2 Å². The zero-order chi connectivity index (χ0) is 14.4. The second-order valence-electron chi connectivity index (χ2n) is 5.20. The van der Waals surface area contributed by atoms with Gasteiger partial charge in [-0.2, -0.15) is 0 Å². The number of rotatable bonds is 6. The average molecular weight is 300 g/mol. The van der Waals surface area contributed by atoms with Crippen LogP contribution in [0.25, 0.3) is 0 Å². The smallest absolute Gasteiger partial charge is 0.239 e. The van der Waals surface area contributed by atoms with E-state index in [1.807, 2.05) is 21.0 Å². The molecule has 0 aliphatic rings. The SMILES string of the molecule is CCN(Cc1ccc(CN(C)C)cc1)C(=O)C(C)N.Cl. The molecule has 1 aromatic carbocycles. The maximum atomic E-state index is 11.9. The number of amides is 1. The molecule has 2 N–H and O–H groups in total. The summed E-state index contributed by atoms with van der Waals surface area (Å²) in [6, 6.07) is 7.94. The van der Waals surface area contributed by atoms with Crippen LogP contribution in [0.15, 0.2) is 24.3 Å². The van der Waals surface area contributed by atoms with Gasteiger partial charge in [0.1, 0.15) is 0 Å². The van der Waals surface area contributed by atoms with Crippen LogP contribution in [-0.4, -0.2) is 42.4 Å². The second kappa shape index (κ2) is 8.95. The minimum atomic E-state index is -0.437. The number of nitrogens with zero attached hydrogens (tertiary/aromatic N) is 2. The monoisotopic (exact) mass is 299 g/mol. The molecule has 1 aromatic rings. The molecule has 1 amide bonds. The summed E-state index contributed by atoms with van der Waals surface area (Å²) in [6.07, 6.45) is 0. The predicted molar refractivity (Wildman–Crippen MR) is 85.8 cm³/mol. The fourth-order valence-electron chi connectivity index (χ4n) is 1.97. The van der Waals surface area contributed by atoms with Crippen LogP contribution in [0, 0.1) is 0 Å². The van der Waals surface area contributed by atoms with Crippen LogP contribution in [0.3, 0.4) is 0 Å². The van der Waals surface area contributed by atoms with Crippen molar-refractivity contribution in [3.8, 4) is 0 Å². The fraction of sp³-hybridized carbons (Fsp3) is 0.533. The first-order valence-corrected chi connectivity index (χ1v) is 6.71. The normalized spacial score (nSPS) is 11.9. The number of halogens is 1. The van der Waals surface area contributed by atoms with E-state index in [1.165, 1.54) is 5.56 Å². The molecule has 5 heteroatoms. The summed E-state index contributed by atoms with van der Waals surface area (Å²) < 4.78 is 0. The summed E-state index contributed by atoms with van der Waals surface area (Å²) in [6.45, 7) is 5.93. The quantitative estimate of drug-likeness (QED) is 0.872. The van der Waals surface area contributed by atoms with Gasteiger partial charge in [-0.25, -0.2) is 0 Å². The Balaban J connectivity index is 0.00000361. The average Bonchev–Trinajstić information content (AvgIpc) is 2.36. The van der Waals surface area contributed by atoms with Gasteiger partial charge >= 0.3 is 0 Å². The molecule has 0 bridgehead atoms. The van der Waals surface area contributed by atoms with Gasteiger partial charge in [0.15, 0.2) is 0 Å². The molecule has 20 heavy (non-hydrogen) atoms. The lowest BCUT2D eigenvalue weighted by Crippen LogP contribution is -2.41.